The summed E-state index contributed by atoms with van der Waals surface area (Å²) >= 11 is 0. The summed E-state index contributed by atoms with van der Waals surface area (Å²) in [6.07, 6.45) is -10.0. The van der Waals surface area contributed by atoms with Crippen LogP contribution in [0, 0.1) is 5.41 Å². The second kappa shape index (κ2) is 5.39. The van der Waals surface area contributed by atoms with Crippen LogP contribution in [-0.4, -0.2) is 46.8 Å². The van der Waals surface area contributed by atoms with Crippen LogP contribution in [-0.2, 0) is 9.74 Å². The monoisotopic (exact) mass is 418 g/mol. The Bertz CT molecular complexity index is 594. The van der Waals surface area contributed by atoms with Crippen LogP contribution in [0.1, 0.15) is 0 Å². The number of carboxylic acids is 1. The molecule has 1 saturated carbocycles. The van der Waals surface area contributed by atoms with Gasteiger partial charge in [0.2, 0.25) is 5.41 Å². The van der Waals surface area contributed by atoms with Crippen LogP contribution in [0.3, 0.4) is 0 Å². The lowest BCUT2D eigenvalue weighted by Crippen LogP contribution is -2.84. The van der Waals surface area contributed by atoms with Crippen molar-refractivity contribution in [1.29, 1.82) is 0 Å². The first-order valence-electron chi connectivity index (χ1n) is 5.71. The molecule has 0 spiro atoms. The molecule has 3 nitrogen and oxygen atoms in total. The van der Waals surface area contributed by atoms with Gasteiger partial charge in [0.15, 0.2) is 0 Å². The second-order valence-corrected chi connectivity index (χ2v) is 4.95. The van der Waals surface area contributed by atoms with E-state index in [1.165, 1.54) is 4.94 Å². The quantitative estimate of drug-likeness (QED) is 0.548. The summed E-state index contributed by atoms with van der Waals surface area (Å²) in [4.78, 5) is 11.6. The molecular weight excluding hydrogens is 415 g/mol. The molecule has 1 aliphatic rings. The van der Waals surface area contributed by atoms with Crippen molar-refractivity contribution in [3.63, 3.8) is 0 Å². The second-order valence-electron chi connectivity index (χ2n) is 4.95. The van der Waals surface area contributed by atoms with E-state index in [4.69, 9.17) is 5.11 Å². The fourth-order valence-corrected chi connectivity index (χ4v) is 2.21. The maximum Gasteiger partial charge on any atom is 0.407 e. The molecule has 26 heavy (non-hydrogen) atoms. The van der Waals surface area contributed by atoms with Crippen LogP contribution in [0.2, 0.25) is 0 Å². The van der Waals surface area contributed by atoms with E-state index >= 15 is 0 Å². The number of carbonyl (C=O) groups is 1. The Morgan fingerprint density at radius 1 is 0.769 bits per heavy atom. The Hall–Kier alpha value is -1.74. The molecule has 1 N–H and O–H groups in total. The summed E-state index contributed by atoms with van der Waals surface area (Å²) in [6.45, 7) is 0. The highest BCUT2D eigenvalue weighted by Crippen LogP contribution is 2.75. The average Bonchev–Trinajstić information content (AvgIpc) is 2.44. The van der Waals surface area contributed by atoms with Crippen LogP contribution in [0.5, 0.6) is 0 Å². The van der Waals surface area contributed by atoms with Gasteiger partial charge >= 0.3 is 41.7 Å². The van der Waals surface area contributed by atoms with Crippen molar-refractivity contribution < 1.29 is 72.1 Å². The zero-order valence-electron chi connectivity index (χ0n) is 11.3. The predicted molar refractivity (Wildman–Crippen MR) is 51.1 cm³/mol. The van der Waals surface area contributed by atoms with Gasteiger partial charge in [-0.15, -0.1) is 4.94 Å². The zero-order valence-corrected chi connectivity index (χ0v) is 11.3. The van der Waals surface area contributed by atoms with Crippen LogP contribution in [0.25, 0.3) is 0 Å². The number of halogens is 13. The smallest absolute Gasteiger partial charge is 0.407 e. The topological polar surface area (TPSA) is 46.5 Å². The predicted octanol–water partition coefficient (Wildman–Crippen LogP) is 4.30. The van der Waals surface area contributed by atoms with Crippen molar-refractivity contribution in [3.8, 4) is 0 Å². The molecular formula is C10H3F13O3. The maximum absolute atomic E-state index is 13.8. The molecule has 0 unspecified atom stereocenters. The van der Waals surface area contributed by atoms with Crippen molar-refractivity contribution in [2.24, 2.45) is 5.41 Å². The van der Waals surface area contributed by atoms with Gasteiger partial charge in [0.25, 0.3) is 0 Å². The van der Waals surface area contributed by atoms with E-state index in [1.807, 2.05) is 0 Å². The molecule has 1 rings (SSSR count). The van der Waals surface area contributed by atoms with Crippen molar-refractivity contribution in [1.82, 2.24) is 0 Å². The van der Waals surface area contributed by atoms with Crippen molar-refractivity contribution >= 4 is 5.97 Å². The first kappa shape index (κ1) is 22.3. The van der Waals surface area contributed by atoms with Gasteiger partial charge in [0.1, 0.15) is 0 Å². The van der Waals surface area contributed by atoms with E-state index in [2.05, 4.69) is 0 Å². The van der Waals surface area contributed by atoms with Crippen LogP contribution >= 0.6 is 0 Å². The molecule has 0 atom stereocenters. The number of alkyl halides is 12. The fourth-order valence-electron chi connectivity index (χ4n) is 2.21. The van der Waals surface area contributed by atoms with E-state index in [0.29, 0.717) is 0 Å². The van der Waals surface area contributed by atoms with Gasteiger partial charge in [-0.1, -0.05) is 0 Å². The highest BCUT2D eigenvalue weighted by atomic mass is 19.4. The molecule has 0 aromatic rings. The number of hydrogen-bond acceptors (Lipinski definition) is 2. The van der Waals surface area contributed by atoms with E-state index in [-0.39, 0.29) is 0 Å². The molecule has 1 fully saturated rings. The highest BCUT2D eigenvalue weighted by Gasteiger charge is 3.03. The Labute approximate surface area is 132 Å². The van der Waals surface area contributed by atoms with Crippen molar-refractivity contribution in [3.05, 3.63) is 12.2 Å². The molecule has 152 valence electrons. The van der Waals surface area contributed by atoms with Gasteiger partial charge in [-0.3, -0.25) is 0 Å². The Balaban J connectivity index is 4.18. The Morgan fingerprint density at radius 2 is 1.08 bits per heavy atom. The first-order valence-corrected chi connectivity index (χ1v) is 5.71. The third kappa shape index (κ3) is 2.04. The molecule has 0 aromatic heterocycles. The molecule has 1 aliphatic carbocycles. The van der Waals surface area contributed by atoms with Gasteiger partial charge in [-0.05, 0) is 10.6 Å². The average molecular weight is 418 g/mol. The molecule has 0 saturated heterocycles. The normalized spacial score (nSPS) is 28.0. The van der Waals surface area contributed by atoms with Gasteiger partial charge in [0, 0.05) is 6.08 Å². The van der Waals surface area contributed by atoms with Crippen LogP contribution < -0.4 is 0 Å². The number of aliphatic carboxylic acids is 1. The highest BCUT2D eigenvalue weighted by molar-refractivity contribution is 5.80. The summed E-state index contributed by atoms with van der Waals surface area (Å²) in [6, 6.07) is 0. The third-order valence-electron chi connectivity index (χ3n) is 3.60. The van der Waals surface area contributed by atoms with E-state index in [1.54, 1.807) is 0 Å². The Kier molecular flexibility index (Phi) is 4.62. The van der Waals surface area contributed by atoms with Crippen LogP contribution in [0.15, 0.2) is 12.2 Å². The molecule has 0 heterocycles. The van der Waals surface area contributed by atoms with E-state index < -0.39 is 59.3 Å². The third-order valence-corrected chi connectivity index (χ3v) is 3.60. The minimum atomic E-state index is -7.63. The molecule has 0 aromatic carbocycles. The first-order chi connectivity index (χ1) is 11.2. The lowest BCUT2D eigenvalue weighted by atomic mass is 9.62. The number of hydrogen-bond donors (Lipinski definition) is 1. The van der Waals surface area contributed by atoms with E-state index in [9.17, 15) is 62.0 Å². The van der Waals surface area contributed by atoms with Crippen molar-refractivity contribution in [2.45, 2.75) is 35.7 Å². The van der Waals surface area contributed by atoms with Gasteiger partial charge in [-0.25, -0.2) is 4.79 Å². The summed E-state index contributed by atoms with van der Waals surface area (Å²) in [7, 11) is 0. The van der Waals surface area contributed by atoms with Crippen LogP contribution in [0.4, 0.5) is 57.2 Å². The van der Waals surface area contributed by atoms with E-state index in [0.717, 1.165) is 0 Å². The standard InChI is InChI=1S/C10H3F13O3/c11-5(12)4(2-1-3(24)25,10(21,22)26-23)6(13,14)8(17,18)9(19,20)7(5,15)16/h1-2H,(H,24,25). The molecule has 0 bridgehead atoms. The molecule has 16 heteroatoms. The van der Waals surface area contributed by atoms with Gasteiger partial charge in [0.05, 0.1) is 0 Å². The summed E-state index contributed by atoms with van der Waals surface area (Å²) in [5.41, 5.74) is -6.87. The SMILES string of the molecule is O=C(O)C=CC1(C(F)(F)OF)C(F)(F)C(F)(F)C(F)(F)C(F)(F)C1(F)F. The zero-order chi connectivity index (χ0) is 21.2. The summed E-state index contributed by atoms with van der Waals surface area (Å²) < 4.78 is 173. The minimum Gasteiger partial charge on any atom is -0.478 e. The van der Waals surface area contributed by atoms with Gasteiger partial charge in [-0.2, -0.15) is 52.7 Å². The lowest BCUT2D eigenvalue weighted by molar-refractivity contribution is -0.535. The lowest BCUT2D eigenvalue weighted by Gasteiger charge is -2.55. The number of rotatable bonds is 4. The summed E-state index contributed by atoms with van der Waals surface area (Å²) in [5, 5.41) is 8.12. The van der Waals surface area contributed by atoms with Crippen molar-refractivity contribution in [2.75, 3.05) is 0 Å². The number of carboxylic acid groups (broad SMARTS) is 1. The fraction of sp³-hybridized carbons (Fsp3) is 0.700. The molecule has 0 amide bonds. The largest absolute Gasteiger partial charge is 0.478 e. The molecule has 0 radical (unpaired) electrons. The Morgan fingerprint density at radius 3 is 1.35 bits per heavy atom. The molecule has 0 aliphatic heterocycles. The maximum atomic E-state index is 13.8. The minimum absolute atomic E-state index is 1.19. The summed E-state index contributed by atoms with van der Waals surface area (Å²) in [5.74, 6) is -40.7. The van der Waals surface area contributed by atoms with Gasteiger partial charge < -0.3 is 5.11 Å².